The van der Waals surface area contributed by atoms with Crippen LogP contribution in [0.2, 0.25) is 0 Å². The van der Waals surface area contributed by atoms with Crippen LogP contribution in [0.1, 0.15) is 6.23 Å². The van der Waals surface area contributed by atoms with Gasteiger partial charge < -0.3 is 30.8 Å². The quantitative estimate of drug-likeness (QED) is 0.204. The van der Waals surface area contributed by atoms with E-state index < -0.39 is 64.9 Å². The molecule has 13 nitrogen and oxygen atoms in total. The molecule has 1 aliphatic heterocycles. The standard InChI is InChI=1S/C10H14N4O9/c15-1-2(16)5(17)6(18)3-9(20)13-7(11-3)4(14(22)23)8(19)12-10(13)21/h2-3,5-6,9,11,15-18,20H,1H2,(H,12,19,21)/t2-,3+,5+,6+,9-/m0/s1. The van der Waals surface area contributed by atoms with Gasteiger partial charge in [-0.25, -0.2) is 9.36 Å². The van der Waals surface area contributed by atoms with Crippen molar-refractivity contribution in [2.24, 2.45) is 0 Å². The molecule has 0 spiro atoms. The third kappa shape index (κ3) is 2.71. The van der Waals surface area contributed by atoms with Crippen LogP contribution in [0.4, 0.5) is 11.5 Å². The lowest BCUT2D eigenvalue weighted by Gasteiger charge is -2.27. The molecule has 0 fully saturated rings. The Kier molecular flexibility index (Phi) is 4.49. The normalized spacial score (nSPS) is 23.7. The van der Waals surface area contributed by atoms with Crippen molar-refractivity contribution in [2.45, 2.75) is 30.6 Å². The summed E-state index contributed by atoms with van der Waals surface area (Å²) in [7, 11) is 0. The second-order valence-corrected chi connectivity index (χ2v) is 4.90. The van der Waals surface area contributed by atoms with E-state index >= 15 is 0 Å². The third-order valence-corrected chi connectivity index (χ3v) is 3.49. The number of aliphatic hydroxyl groups is 5. The molecule has 2 heterocycles. The highest BCUT2D eigenvalue weighted by Crippen LogP contribution is 2.32. The number of nitro groups is 1. The number of fused-ring (bicyclic) bond motifs is 1. The van der Waals surface area contributed by atoms with Crippen LogP contribution < -0.4 is 16.6 Å². The van der Waals surface area contributed by atoms with E-state index in [0.717, 1.165) is 0 Å². The van der Waals surface area contributed by atoms with Crippen molar-refractivity contribution in [3.8, 4) is 0 Å². The molecule has 0 saturated heterocycles. The average Bonchev–Trinajstić information content (AvgIpc) is 2.82. The maximum Gasteiger partial charge on any atom is 0.374 e. The third-order valence-electron chi connectivity index (χ3n) is 3.49. The second-order valence-electron chi connectivity index (χ2n) is 4.90. The molecule has 0 radical (unpaired) electrons. The molecule has 1 aromatic rings. The minimum atomic E-state index is -1.92. The van der Waals surface area contributed by atoms with E-state index in [1.807, 2.05) is 0 Å². The smallest absolute Gasteiger partial charge is 0.374 e. The van der Waals surface area contributed by atoms with Crippen LogP contribution in [0.5, 0.6) is 0 Å². The first-order valence-corrected chi connectivity index (χ1v) is 6.33. The Bertz CT molecular complexity index is 728. The molecule has 5 atom stereocenters. The van der Waals surface area contributed by atoms with Crippen molar-refractivity contribution < 1.29 is 30.5 Å². The largest absolute Gasteiger partial charge is 0.394 e. The van der Waals surface area contributed by atoms with Gasteiger partial charge in [0.2, 0.25) is 0 Å². The van der Waals surface area contributed by atoms with E-state index in [2.05, 4.69) is 5.32 Å². The molecule has 128 valence electrons. The second kappa shape index (κ2) is 6.05. The first kappa shape index (κ1) is 17.0. The Morgan fingerprint density at radius 3 is 2.43 bits per heavy atom. The van der Waals surface area contributed by atoms with Crippen molar-refractivity contribution in [3.05, 3.63) is 31.0 Å². The number of aromatic nitrogens is 2. The molecule has 0 unspecified atom stereocenters. The van der Waals surface area contributed by atoms with Crippen LogP contribution in [-0.4, -0.2) is 71.0 Å². The van der Waals surface area contributed by atoms with Gasteiger partial charge in [-0.2, -0.15) is 0 Å². The summed E-state index contributed by atoms with van der Waals surface area (Å²) >= 11 is 0. The monoisotopic (exact) mass is 334 g/mol. The van der Waals surface area contributed by atoms with Crippen molar-refractivity contribution in [2.75, 3.05) is 11.9 Å². The van der Waals surface area contributed by atoms with Gasteiger partial charge in [0.25, 0.3) is 0 Å². The summed E-state index contributed by atoms with van der Waals surface area (Å²) in [5, 5.41) is 60.8. The maximum absolute atomic E-state index is 11.7. The Morgan fingerprint density at radius 1 is 1.30 bits per heavy atom. The minimum Gasteiger partial charge on any atom is -0.394 e. The van der Waals surface area contributed by atoms with Crippen LogP contribution in [0.25, 0.3) is 0 Å². The first-order chi connectivity index (χ1) is 10.7. The van der Waals surface area contributed by atoms with Crippen molar-refractivity contribution in [3.63, 3.8) is 0 Å². The molecule has 13 heteroatoms. The highest BCUT2D eigenvalue weighted by atomic mass is 16.6. The topological polar surface area (TPSA) is 211 Å². The first-order valence-electron chi connectivity index (χ1n) is 6.33. The maximum atomic E-state index is 11.7. The molecule has 0 aromatic carbocycles. The Hall–Kier alpha value is -2.32. The molecule has 7 N–H and O–H groups in total. The molecule has 1 aliphatic rings. The Morgan fingerprint density at radius 2 is 1.91 bits per heavy atom. The predicted octanol–water partition coefficient (Wildman–Crippen LogP) is -4.20. The fraction of sp³-hybridized carbons (Fsp3) is 0.600. The van der Waals surface area contributed by atoms with Crippen LogP contribution >= 0.6 is 0 Å². The van der Waals surface area contributed by atoms with Gasteiger partial charge in [-0.3, -0.25) is 19.9 Å². The summed E-state index contributed by atoms with van der Waals surface area (Å²) in [4.78, 5) is 34.7. The predicted molar refractivity (Wildman–Crippen MR) is 71.7 cm³/mol. The lowest BCUT2D eigenvalue weighted by Crippen LogP contribution is -2.49. The summed E-state index contributed by atoms with van der Waals surface area (Å²) < 4.78 is 0.436. The Labute approximate surface area is 126 Å². The van der Waals surface area contributed by atoms with Crippen LogP contribution in [-0.2, 0) is 0 Å². The van der Waals surface area contributed by atoms with Crippen LogP contribution in [0.3, 0.4) is 0 Å². The zero-order valence-corrected chi connectivity index (χ0v) is 11.4. The van der Waals surface area contributed by atoms with Gasteiger partial charge in [0.15, 0.2) is 12.0 Å². The molecule has 0 bridgehead atoms. The molecular formula is C10H14N4O9. The summed E-state index contributed by atoms with van der Waals surface area (Å²) in [6, 6.07) is -1.55. The number of nitrogens with one attached hydrogen (secondary N) is 2. The Balaban J connectivity index is 2.47. The van der Waals surface area contributed by atoms with Gasteiger partial charge in [-0.05, 0) is 0 Å². The van der Waals surface area contributed by atoms with Gasteiger partial charge in [-0.1, -0.05) is 0 Å². The number of H-pyrrole nitrogens is 1. The highest BCUT2D eigenvalue weighted by molar-refractivity contribution is 5.58. The highest BCUT2D eigenvalue weighted by Gasteiger charge is 2.44. The van der Waals surface area contributed by atoms with E-state index in [-0.39, 0.29) is 0 Å². The molecule has 0 amide bonds. The number of rotatable bonds is 5. The fourth-order valence-corrected chi connectivity index (χ4v) is 2.30. The summed E-state index contributed by atoms with van der Waals surface area (Å²) in [5.74, 6) is -0.647. The van der Waals surface area contributed by atoms with Crippen molar-refractivity contribution >= 4 is 11.5 Å². The molecule has 2 rings (SSSR count). The van der Waals surface area contributed by atoms with Gasteiger partial charge in [0.05, 0.1) is 11.5 Å². The number of hydrogen-bond donors (Lipinski definition) is 7. The van der Waals surface area contributed by atoms with Gasteiger partial charge in [0.1, 0.15) is 24.4 Å². The molecular weight excluding hydrogens is 320 g/mol. The number of anilines is 1. The van der Waals surface area contributed by atoms with E-state index in [1.165, 1.54) is 0 Å². The molecule has 0 saturated carbocycles. The number of aromatic amines is 1. The summed E-state index contributed by atoms with van der Waals surface area (Å²) in [6.07, 6.45) is -7.47. The van der Waals surface area contributed by atoms with Gasteiger partial charge in [-0.15, -0.1) is 0 Å². The average molecular weight is 334 g/mol. The van der Waals surface area contributed by atoms with Crippen LogP contribution in [0.15, 0.2) is 9.59 Å². The van der Waals surface area contributed by atoms with E-state index in [4.69, 9.17) is 5.11 Å². The lowest BCUT2D eigenvalue weighted by atomic mass is 10.0. The van der Waals surface area contributed by atoms with Crippen LogP contribution in [0, 0.1) is 10.1 Å². The van der Waals surface area contributed by atoms with E-state index in [1.54, 1.807) is 4.98 Å². The zero-order valence-electron chi connectivity index (χ0n) is 11.4. The number of nitrogens with zero attached hydrogens (tertiary/aromatic N) is 2. The summed E-state index contributed by atoms with van der Waals surface area (Å²) in [6.45, 7) is -0.896. The molecule has 0 aliphatic carbocycles. The van der Waals surface area contributed by atoms with E-state index in [0.29, 0.717) is 4.57 Å². The van der Waals surface area contributed by atoms with E-state index in [9.17, 15) is 40.1 Å². The molecule has 1 aromatic heterocycles. The lowest BCUT2D eigenvalue weighted by molar-refractivity contribution is -0.385. The number of aliphatic hydroxyl groups excluding tert-OH is 5. The minimum absolute atomic E-state index is 0.436. The van der Waals surface area contributed by atoms with Gasteiger partial charge >= 0.3 is 16.9 Å². The van der Waals surface area contributed by atoms with Crippen molar-refractivity contribution in [1.29, 1.82) is 0 Å². The molecule has 23 heavy (non-hydrogen) atoms. The summed E-state index contributed by atoms with van der Waals surface area (Å²) in [5.41, 5.74) is -3.53. The van der Waals surface area contributed by atoms with Gasteiger partial charge in [0, 0.05) is 0 Å². The van der Waals surface area contributed by atoms with Crippen molar-refractivity contribution in [1.82, 2.24) is 9.55 Å². The SMILES string of the molecule is O=c1[nH]c(=O)n2c(c1[N+](=O)[O-])N[C@H]([C@@H](O)[C@H](O)[C@@H](O)CO)[C@@H]2O. The zero-order chi connectivity index (χ0) is 17.5. The number of hydrogen-bond acceptors (Lipinski definition) is 10. The fourth-order valence-electron chi connectivity index (χ4n) is 2.30.